The molecule has 4 heteroatoms. The molecule has 0 unspecified atom stereocenters. The quantitative estimate of drug-likeness (QED) is 0.785. The molecule has 1 N–H and O–H groups in total. The first kappa shape index (κ1) is 15.5. The van der Waals surface area contributed by atoms with Crippen molar-refractivity contribution in [2.75, 3.05) is 6.54 Å². The van der Waals surface area contributed by atoms with Crippen LogP contribution >= 0.6 is 0 Å². The van der Waals surface area contributed by atoms with Gasteiger partial charge in [0.2, 0.25) is 10.0 Å². The largest absolute Gasteiger partial charge is 0.215 e. The van der Waals surface area contributed by atoms with Crippen LogP contribution in [0.5, 0.6) is 0 Å². The molecule has 20 heavy (non-hydrogen) atoms. The number of unbranched alkanes of at least 4 members (excludes halogenated alkanes) is 1. The third-order valence-electron chi connectivity index (χ3n) is 4.06. The van der Waals surface area contributed by atoms with Gasteiger partial charge in [0.25, 0.3) is 0 Å². The van der Waals surface area contributed by atoms with E-state index in [0.29, 0.717) is 6.54 Å². The Hall–Kier alpha value is -0.870. The van der Waals surface area contributed by atoms with E-state index in [9.17, 15) is 8.42 Å². The van der Waals surface area contributed by atoms with Crippen LogP contribution in [0.2, 0.25) is 0 Å². The molecule has 0 amide bonds. The van der Waals surface area contributed by atoms with E-state index in [4.69, 9.17) is 0 Å². The van der Waals surface area contributed by atoms with Gasteiger partial charge in [-0.25, -0.2) is 13.1 Å². The Morgan fingerprint density at radius 3 is 2.40 bits per heavy atom. The zero-order valence-electron chi connectivity index (χ0n) is 12.3. The molecule has 1 aliphatic carbocycles. The first-order valence-electron chi connectivity index (χ1n) is 7.62. The Bertz CT molecular complexity index is 502. The van der Waals surface area contributed by atoms with E-state index >= 15 is 0 Å². The number of hydrogen-bond acceptors (Lipinski definition) is 2. The lowest BCUT2D eigenvalue weighted by Gasteiger charge is -2.12. The minimum absolute atomic E-state index is 0.139. The van der Waals surface area contributed by atoms with Crippen molar-refractivity contribution < 1.29 is 8.42 Å². The van der Waals surface area contributed by atoms with Crippen molar-refractivity contribution >= 4 is 10.0 Å². The van der Waals surface area contributed by atoms with Gasteiger partial charge in [-0.1, -0.05) is 42.7 Å². The molecule has 3 nitrogen and oxygen atoms in total. The molecular weight excluding hydrogens is 270 g/mol. The van der Waals surface area contributed by atoms with Gasteiger partial charge >= 0.3 is 0 Å². The summed E-state index contributed by atoms with van der Waals surface area (Å²) in [5, 5.41) is -0.139. The van der Waals surface area contributed by atoms with Crippen LogP contribution < -0.4 is 4.72 Å². The Labute approximate surface area is 122 Å². The number of rotatable bonds is 7. The van der Waals surface area contributed by atoms with Gasteiger partial charge in [-0.2, -0.15) is 0 Å². The second-order valence-corrected chi connectivity index (χ2v) is 7.83. The summed E-state index contributed by atoms with van der Waals surface area (Å²) in [7, 11) is -3.06. The SMILES string of the molecule is Cc1ccc(CCCCNS(=O)(=O)C2CCCC2)cc1. The van der Waals surface area contributed by atoms with E-state index in [-0.39, 0.29) is 5.25 Å². The highest BCUT2D eigenvalue weighted by Gasteiger charge is 2.27. The summed E-state index contributed by atoms with van der Waals surface area (Å²) in [4.78, 5) is 0. The summed E-state index contributed by atoms with van der Waals surface area (Å²) in [6.45, 7) is 2.66. The Balaban J connectivity index is 1.65. The maximum absolute atomic E-state index is 12.0. The van der Waals surface area contributed by atoms with Crippen molar-refractivity contribution in [3.63, 3.8) is 0 Å². The van der Waals surface area contributed by atoms with E-state index in [1.165, 1.54) is 11.1 Å². The van der Waals surface area contributed by atoms with Crippen LogP contribution in [0.25, 0.3) is 0 Å². The summed E-state index contributed by atoms with van der Waals surface area (Å²) in [5.74, 6) is 0. The lowest BCUT2D eigenvalue weighted by Crippen LogP contribution is -2.33. The predicted molar refractivity (Wildman–Crippen MR) is 83.3 cm³/mol. The molecule has 1 saturated carbocycles. The summed E-state index contributed by atoms with van der Waals surface area (Å²) in [6, 6.07) is 8.55. The molecule has 112 valence electrons. The molecule has 1 aromatic rings. The third-order valence-corrected chi connectivity index (χ3v) is 6.01. The summed E-state index contributed by atoms with van der Waals surface area (Å²) < 4.78 is 26.8. The Morgan fingerprint density at radius 2 is 1.75 bits per heavy atom. The van der Waals surface area contributed by atoms with E-state index in [1.807, 2.05) is 0 Å². The number of sulfonamides is 1. The number of nitrogens with one attached hydrogen (secondary N) is 1. The molecule has 0 saturated heterocycles. The Kier molecular flexibility index (Phi) is 5.61. The number of aryl methyl sites for hydroxylation is 2. The van der Waals surface area contributed by atoms with Crippen molar-refractivity contribution in [1.82, 2.24) is 4.72 Å². The molecule has 1 aromatic carbocycles. The third kappa shape index (κ3) is 4.60. The van der Waals surface area contributed by atoms with E-state index < -0.39 is 10.0 Å². The van der Waals surface area contributed by atoms with E-state index in [2.05, 4.69) is 35.9 Å². The highest BCUT2D eigenvalue weighted by atomic mass is 32.2. The van der Waals surface area contributed by atoms with E-state index in [0.717, 1.165) is 44.9 Å². The standard InChI is InChI=1S/C16H25NO2S/c1-14-9-11-15(12-10-14)6-4-5-13-17-20(18,19)16-7-2-3-8-16/h9-12,16-17H,2-8,13H2,1H3. The molecule has 2 rings (SSSR count). The van der Waals surface area contributed by atoms with Crippen LogP contribution in [0, 0.1) is 6.92 Å². The summed E-state index contributed by atoms with van der Waals surface area (Å²) >= 11 is 0. The van der Waals surface area contributed by atoms with Gasteiger partial charge in [0.1, 0.15) is 0 Å². The van der Waals surface area contributed by atoms with Crippen LogP contribution in [0.4, 0.5) is 0 Å². The smallest absolute Gasteiger partial charge is 0.214 e. The molecule has 0 atom stereocenters. The second-order valence-electron chi connectivity index (χ2n) is 5.79. The maximum atomic E-state index is 12.0. The molecule has 0 heterocycles. The topological polar surface area (TPSA) is 46.2 Å². The number of hydrogen-bond donors (Lipinski definition) is 1. The zero-order valence-corrected chi connectivity index (χ0v) is 13.1. The number of benzene rings is 1. The summed E-state index contributed by atoms with van der Waals surface area (Å²) in [5.41, 5.74) is 2.60. The average Bonchev–Trinajstić information content (AvgIpc) is 2.95. The van der Waals surface area contributed by atoms with Gasteiger partial charge in [-0.3, -0.25) is 0 Å². The predicted octanol–water partition coefficient (Wildman–Crippen LogP) is 3.18. The average molecular weight is 295 g/mol. The van der Waals surface area contributed by atoms with Crippen molar-refractivity contribution in [2.24, 2.45) is 0 Å². The maximum Gasteiger partial charge on any atom is 0.214 e. The first-order valence-corrected chi connectivity index (χ1v) is 9.16. The van der Waals surface area contributed by atoms with Gasteiger partial charge < -0.3 is 0 Å². The van der Waals surface area contributed by atoms with Crippen LogP contribution in [0.1, 0.15) is 49.7 Å². The van der Waals surface area contributed by atoms with Gasteiger partial charge in [0.15, 0.2) is 0 Å². The van der Waals surface area contributed by atoms with Crippen LogP contribution in [0.15, 0.2) is 24.3 Å². The van der Waals surface area contributed by atoms with E-state index in [1.54, 1.807) is 0 Å². The lowest BCUT2D eigenvalue weighted by molar-refractivity contribution is 0.560. The second kappa shape index (κ2) is 7.23. The molecule has 1 fully saturated rings. The van der Waals surface area contributed by atoms with Crippen molar-refractivity contribution in [2.45, 2.75) is 57.1 Å². The minimum Gasteiger partial charge on any atom is -0.215 e. The van der Waals surface area contributed by atoms with Crippen LogP contribution in [-0.4, -0.2) is 20.2 Å². The highest BCUT2D eigenvalue weighted by molar-refractivity contribution is 7.90. The molecule has 1 aliphatic rings. The molecule has 0 aromatic heterocycles. The van der Waals surface area contributed by atoms with Gasteiger partial charge in [-0.05, 0) is 44.6 Å². The van der Waals surface area contributed by atoms with Crippen molar-refractivity contribution in [3.05, 3.63) is 35.4 Å². The van der Waals surface area contributed by atoms with Crippen LogP contribution in [-0.2, 0) is 16.4 Å². The normalized spacial score (nSPS) is 16.6. The molecule has 0 spiro atoms. The molecule has 0 aliphatic heterocycles. The Morgan fingerprint density at radius 1 is 1.10 bits per heavy atom. The van der Waals surface area contributed by atoms with Crippen LogP contribution in [0.3, 0.4) is 0 Å². The highest BCUT2D eigenvalue weighted by Crippen LogP contribution is 2.23. The molecular formula is C16H25NO2S. The summed E-state index contributed by atoms with van der Waals surface area (Å²) in [6.07, 6.45) is 6.72. The monoisotopic (exact) mass is 295 g/mol. The molecule has 0 radical (unpaired) electrons. The molecule has 0 bridgehead atoms. The first-order chi connectivity index (χ1) is 9.58. The van der Waals surface area contributed by atoms with Gasteiger partial charge in [-0.15, -0.1) is 0 Å². The fraction of sp³-hybridized carbons (Fsp3) is 0.625. The van der Waals surface area contributed by atoms with Gasteiger partial charge in [0, 0.05) is 6.54 Å². The van der Waals surface area contributed by atoms with Crippen molar-refractivity contribution in [3.8, 4) is 0 Å². The van der Waals surface area contributed by atoms with Crippen molar-refractivity contribution in [1.29, 1.82) is 0 Å². The lowest BCUT2D eigenvalue weighted by atomic mass is 10.1. The zero-order chi connectivity index (χ0) is 14.4. The fourth-order valence-electron chi connectivity index (χ4n) is 2.74. The minimum atomic E-state index is -3.06. The fourth-order valence-corrected chi connectivity index (χ4v) is 4.36. The van der Waals surface area contributed by atoms with Gasteiger partial charge in [0.05, 0.1) is 5.25 Å².